The van der Waals surface area contributed by atoms with E-state index < -0.39 is 28.5 Å². The van der Waals surface area contributed by atoms with Crippen LogP contribution in [-0.4, -0.2) is 51.4 Å². The summed E-state index contributed by atoms with van der Waals surface area (Å²) in [5, 5.41) is 3.26. The summed E-state index contributed by atoms with van der Waals surface area (Å²) in [6, 6.07) is 17.7. The zero-order valence-electron chi connectivity index (χ0n) is 24.2. The van der Waals surface area contributed by atoms with Crippen LogP contribution in [0.25, 0.3) is 0 Å². The maximum absolute atomic E-state index is 14.1. The standard InChI is InChI=1S/C31H38ClN3O5S/c1-6-18-33-31(37)29(7-2)34(20-24-11-14-26(40-5)15-12-24)30(36)21-35(25-13-10-23(4)28(32)19-25)41(38,39)27-16-8-22(3)9-17-27/h8-17,19,29H,6-7,18,20-21H2,1-5H3,(H,33,37)/t29-/m0/s1. The summed E-state index contributed by atoms with van der Waals surface area (Å²) in [5.41, 5.74) is 2.70. The first-order chi connectivity index (χ1) is 19.5. The number of carbonyl (C=O) groups excluding carboxylic acids is 2. The lowest BCUT2D eigenvalue weighted by atomic mass is 10.1. The summed E-state index contributed by atoms with van der Waals surface area (Å²) in [6.07, 6.45) is 1.09. The number of halogens is 1. The first-order valence-electron chi connectivity index (χ1n) is 13.6. The van der Waals surface area contributed by atoms with Crippen molar-refractivity contribution in [3.8, 4) is 5.75 Å². The van der Waals surface area contributed by atoms with Crippen molar-refractivity contribution >= 4 is 39.1 Å². The van der Waals surface area contributed by atoms with Gasteiger partial charge in [0, 0.05) is 18.1 Å². The Morgan fingerprint density at radius 1 is 0.976 bits per heavy atom. The number of amides is 2. The highest BCUT2D eigenvalue weighted by Gasteiger charge is 2.33. The van der Waals surface area contributed by atoms with E-state index in [9.17, 15) is 18.0 Å². The number of carbonyl (C=O) groups is 2. The molecule has 0 bridgehead atoms. The minimum absolute atomic E-state index is 0.0435. The molecule has 0 fully saturated rings. The van der Waals surface area contributed by atoms with E-state index in [0.717, 1.165) is 27.4 Å². The quantitative estimate of drug-likeness (QED) is 0.280. The Balaban J connectivity index is 2.07. The first-order valence-corrected chi connectivity index (χ1v) is 15.4. The fraction of sp³-hybridized carbons (Fsp3) is 0.355. The third-order valence-electron chi connectivity index (χ3n) is 6.78. The van der Waals surface area contributed by atoms with E-state index in [2.05, 4.69) is 5.32 Å². The van der Waals surface area contributed by atoms with Crippen LogP contribution < -0.4 is 14.4 Å². The maximum atomic E-state index is 14.1. The van der Waals surface area contributed by atoms with Crippen LogP contribution in [0.3, 0.4) is 0 Å². The Morgan fingerprint density at radius 3 is 2.20 bits per heavy atom. The number of aryl methyl sites for hydroxylation is 2. The van der Waals surface area contributed by atoms with E-state index in [1.807, 2.05) is 39.8 Å². The smallest absolute Gasteiger partial charge is 0.264 e. The molecule has 0 saturated carbocycles. The van der Waals surface area contributed by atoms with Crippen molar-refractivity contribution in [1.29, 1.82) is 0 Å². The fourth-order valence-corrected chi connectivity index (χ4v) is 5.90. The van der Waals surface area contributed by atoms with E-state index >= 15 is 0 Å². The topological polar surface area (TPSA) is 96.0 Å². The number of benzene rings is 3. The number of nitrogens with one attached hydrogen (secondary N) is 1. The molecule has 0 radical (unpaired) electrons. The van der Waals surface area contributed by atoms with Gasteiger partial charge in [-0.1, -0.05) is 61.3 Å². The van der Waals surface area contributed by atoms with Gasteiger partial charge in [-0.25, -0.2) is 8.42 Å². The second kappa shape index (κ2) is 14.4. The van der Waals surface area contributed by atoms with E-state index in [-0.39, 0.29) is 23.0 Å². The molecule has 0 aromatic heterocycles. The van der Waals surface area contributed by atoms with Gasteiger partial charge in [-0.05, 0) is 74.2 Å². The average molecular weight is 600 g/mol. The number of anilines is 1. The van der Waals surface area contributed by atoms with Gasteiger partial charge in [0.2, 0.25) is 11.8 Å². The van der Waals surface area contributed by atoms with Crippen LogP contribution in [0.4, 0.5) is 5.69 Å². The molecule has 0 aliphatic rings. The molecule has 3 aromatic carbocycles. The van der Waals surface area contributed by atoms with E-state index in [1.54, 1.807) is 43.5 Å². The predicted octanol–water partition coefficient (Wildman–Crippen LogP) is 5.49. The summed E-state index contributed by atoms with van der Waals surface area (Å²) >= 11 is 6.39. The summed E-state index contributed by atoms with van der Waals surface area (Å²) in [4.78, 5) is 28.8. The third kappa shape index (κ3) is 8.01. The van der Waals surface area contributed by atoms with Crippen LogP contribution in [0, 0.1) is 13.8 Å². The van der Waals surface area contributed by atoms with Gasteiger partial charge < -0.3 is 15.0 Å². The van der Waals surface area contributed by atoms with Gasteiger partial charge in [-0.3, -0.25) is 13.9 Å². The number of ether oxygens (including phenoxy) is 1. The van der Waals surface area contributed by atoms with Gasteiger partial charge in [0.1, 0.15) is 18.3 Å². The van der Waals surface area contributed by atoms with Crippen LogP contribution in [-0.2, 0) is 26.2 Å². The zero-order chi connectivity index (χ0) is 30.2. The number of nitrogens with zero attached hydrogens (tertiary/aromatic N) is 2. The maximum Gasteiger partial charge on any atom is 0.264 e. The van der Waals surface area contributed by atoms with Gasteiger partial charge >= 0.3 is 0 Å². The van der Waals surface area contributed by atoms with Crippen molar-refractivity contribution in [2.75, 3.05) is 24.5 Å². The molecule has 220 valence electrons. The number of hydrogen-bond acceptors (Lipinski definition) is 5. The van der Waals surface area contributed by atoms with Crippen molar-refractivity contribution in [1.82, 2.24) is 10.2 Å². The molecule has 0 unspecified atom stereocenters. The molecule has 41 heavy (non-hydrogen) atoms. The molecule has 3 aromatic rings. The first kappa shape index (κ1) is 32.0. The summed E-state index contributed by atoms with van der Waals surface area (Å²) < 4.78 is 34.2. The fourth-order valence-electron chi connectivity index (χ4n) is 4.32. The molecule has 8 nitrogen and oxygen atoms in total. The molecule has 1 atom stereocenters. The predicted molar refractivity (Wildman–Crippen MR) is 163 cm³/mol. The second-order valence-corrected chi connectivity index (χ2v) is 12.1. The molecule has 0 spiro atoms. The summed E-state index contributed by atoms with van der Waals surface area (Å²) in [6.45, 7) is 7.50. The lowest BCUT2D eigenvalue weighted by molar-refractivity contribution is -0.140. The molecule has 2 amide bonds. The number of rotatable bonds is 13. The van der Waals surface area contributed by atoms with Crippen LogP contribution in [0.15, 0.2) is 71.6 Å². The van der Waals surface area contributed by atoms with Gasteiger partial charge in [0.25, 0.3) is 10.0 Å². The highest BCUT2D eigenvalue weighted by atomic mass is 35.5. The summed E-state index contributed by atoms with van der Waals surface area (Å²) in [7, 11) is -2.60. The second-order valence-electron chi connectivity index (χ2n) is 9.84. The monoisotopic (exact) mass is 599 g/mol. The van der Waals surface area contributed by atoms with Crippen molar-refractivity contribution in [3.63, 3.8) is 0 Å². The van der Waals surface area contributed by atoms with E-state index in [4.69, 9.17) is 16.3 Å². The Labute approximate surface area is 248 Å². The zero-order valence-corrected chi connectivity index (χ0v) is 25.8. The number of methoxy groups -OCH3 is 1. The van der Waals surface area contributed by atoms with Crippen LogP contribution in [0.2, 0.25) is 5.02 Å². The molecule has 0 saturated heterocycles. The minimum atomic E-state index is -4.17. The SMILES string of the molecule is CCCNC(=O)[C@H](CC)N(Cc1ccc(OC)cc1)C(=O)CN(c1ccc(C)c(Cl)c1)S(=O)(=O)c1ccc(C)cc1. The van der Waals surface area contributed by atoms with Gasteiger partial charge in [-0.15, -0.1) is 0 Å². The molecule has 0 aliphatic heterocycles. The molecule has 3 rings (SSSR count). The number of hydrogen-bond donors (Lipinski definition) is 1. The largest absolute Gasteiger partial charge is 0.497 e. The Kier molecular flexibility index (Phi) is 11.2. The van der Waals surface area contributed by atoms with Gasteiger partial charge in [-0.2, -0.15) is 0 Å². The van der Waals surface area contributed by atoms with E-state index in [1.165, 1.54) is 23.1 Å². The normalized spacial score (nSPS) is 12.0. The van der Waals surface area contributed by atoms with Crippen molar-refractivity contribution in [3.05, 3.63) is 88.4 Å². The molecule has 0 heterocycles. The minimum Gasteiger partial charge on any atom is -0.497 e. The van der Waals surface area contributed by atoms with E-state index in [0.29, 0.717) is 23.7 Å². The van der Waals surface area contributed by atoms with Gasteiger partial charge in [0.15, 0.2) is 0 Å². The summed E-state index contributed by atoms with van der Waals surface area (Å²) in [5.74, 6) is -0.153. The van der Waals surface area contributed by atoms with Crippen molar-refractivity contribution in [2.24, 2.45) is 0 Å². The van der Waals surface area contributed by atoms with Crippen molar-refractivity contribution in [2.45, 2.75) is 58.0 Å². The third-order valence-corrected chi connectivity index (χ3v) is 8.97. The van der Waals surface area contributed by atoms with Gasteiger partial charge in [0.05, 0.1) is 17.7 Å². The highest BCUT2D eigenvalue weighted by Crippen LogP contribution is 2.29. The average Bonchev–Trinajstić information content (AvgIpc) is 2.96. The van der Waals surface area contributed by atoms with Crippen molar-refractivity contribution < 1.29 is 22.7 Å². The lowest BCUT2D eigenvalue weighted by Crippen LogP contribution is -2.52. The molecular formula is C31H38ClN3O5S. The Hall–Kier alpha value is -3.56. The molecule has 10 heteroatoms. The molecular weight excluding hydrogens is 562 g/mol. The Morgan fingerprint density at radius 2 is 1.63 bits per heavy atom. The van der Waals surface area contributed by atoms with Crippen LogP contribution >= 0.6 is 11.6 Å². The lowest BCUT2D eigenvalue weighted by Gasteiger charge is -2.33. The highest BCUT2D eigenvalue weighted by molar-refractivity contribution is 7.92. The molecule has 0 aliphatic carbocycles. The molecule has 1 N–H and O–H groups in total. The number of sulfonamides is 1. The van der Waals surface area contributed by atoms with Crippen LogP contribution in [0.5, 0.6) is 5.75 Å². The van der Waals surface area contributed by atoms with Crippen LogP contribution in [0.1, 0.15) is 43.4 Å². The Bertz CT molecular complexity index is 1440.